The van der Waals surface area contributed by atoms with Gasteiger partial charge in [0, 0.05) is 45.7 Å². The van der Waals surface area contributed by atoms with Crippen LogP contribution in [0.25, 0.3) is 0 Å². The summed E-state index contributed by atoms with van der Waals surface area (Å²) in [7, 11) is 6.55. The van der Waals surface area contributed by atoms with E-state index in [1.807, 2.05) is 47.6 Å². The molecular weight excluding hydrogens is 702 g/mol. The van der Waals surface area contributed by atoms with Crippen LogP contribution in [0.1, 0.15) is 93.6 Å². The predicted molar refractivity (Wildman–Crippen MR) is 215 cm³/mol. The highest BCUT2D eigenvalue weighted by Gasteiger charge is 2.45. The van der Waals surface area contributed by atoms with Crippen molar-refractivity contribution in [2.75, 3.05) is 28.3 Å². The number of hydrogen-bond donors (Lipinski definition) is 3. The molecular formula is C42H69N5O8. The van der Waals surface area contributed by atoms with E-state index in [9.17, 15) is 29.1 Å². The molecule has 0 aliphatic carbocycles. The number of ether oxygens (including phenoxy) is 2. The molecule has 4 amide bonds. The zero-order valence-corrected chi connectivity index (χ0v) is 35.5. The van der Waals surface area contributed by atoms with Gasteiger partial charge in [0.1, 0.15) is 11.8 Å². The first-order valence-corrected chi connectivity index (χ1v) is 19.9. The van der Waals surface area contributed by atoms with Crippen LogP contribution in [0, 0.1) is 29.6 Å². The molecule has 1 aliphatic rings. The molecule has 1 heterocycles. The van der Waals surface area contributed by atoms with Gasteiger partial charge in [-0.15, -0.1) is 0 Å². The molecule has 1 aromatic carbocycles. The van der Waals surface area contributed by atoms with E-state index < -0.39 is 48.1 Å². The second kappa shape index (κ2) is 22.2. The highest BCUT2D eigenvalue weighted by molar-refractivity contribution is 6.37. The van der Waals surface area contributed by atoms with Gasteiger partial charge in [0.05, 0.1) is 36.6 Å². The molecule has 310 valence electrons. The number of likely N-dealkylation sites (tertiary alicyclic amines) is 1. The SMILES string of the molecule is CC[C@H](C)C([C@@H](CC(=O)N1[C@@H](C)CC[C@H]1C(OC)[C@@H](C)C(=O)N=C(Cc1ccccc1)C(=O)O)OC)[C@H](C)N(C)C(=O)[C@@H](NC(=O)[C@@H](NC)C(C)C)C(C)C. The van der Waals surface area contributed by atoms with Crippen molar-refractivity contribution in [2.24, 2.45) is 34.6 Å². The number of benzene rings is 1. The third-order valence-corrected chi connectivity index (χ3v) is 11.7. The molecule has 1 saturated heterocycles. The molecule has 3 N–H and O–H groups in total. The monoisotopic (exact) mass is 772 g/mol. The Balaban J connectivity index is 2.35. The van der Waals surface area contributed by atoms with Gasteiger partial charge in [-0.3, -0.25) is 19.2 Å². The number of methoxy groups -OCH3 is 2. The molecule has 0 saturated carbocycles. The number of carboxylic acid groups (broad SMARTS) is 1. The number of amides is 4. The number of nitrogens with one attached hydrogen (secondary N) is 2. The summed E-state index contributed by atoms with van der Waals surface area (Å²) in [6.07, 6.45) is 0.826. The number of likely N-dealkylation sites (N-methyl/N-ethyl adjacent to an activating group) is 2. The second-order valence-corrected chi connectivity index (χ2v) is 16.0. The molecule has 13 heteroatoms. The summed E-state index contributed by atoms with van der Waals surface area (Å²) >= 11 is 0. The first kappa shape index (κ1) is 47.5. The third kappa shape index (κ3) is 12.4. The Morgan fingerprint density at radius 1 is 0.945 bits per heavy atom. The summed E-state index contributed by atoms with van der Waals surface area (Å²) in [5.74, 6) is -3.63. The molecule has 1 aliphatic heterocycles. The number of hydrogen-bond acceptors (Lipinski definition) is 8. The summed E-state index contributed by atoms with van der Waals surface area (Å²) < 4.78 is 12.0. The Labute approximate surface area is 329 Å². The van der Waals surface area contributed by atoms with Gasteiger partial charge >= 0.3 is 5.97 Å². The Hall–Kier alpha value is -3.68. The number of aliphatic imine (C=N–C) groups is 1. The zero-order chi connectivity index (χ0) is 41.7. The Kier molecular flexibility index (Phi) is 19.1. The normalized spacial score (nSPS) is 20.6. The Bertz CT molecular complexity index is 1450. The molecule has 1 aromatic rings. The van der Waals surface area contributed by atoms with Crippen LogP contribution in [0.15, 0.2) is 35.3 Å². The van der Waals surface area contributed by atoms with E-state index >= 15 is 0 Å². The fraction of sp³-hybridized carbons (Fsp3) is 0.714. The molecule has 13 nitrogen and oxygen atoms in total. The largest absolute Gasteiger partial charge is 0.477 e. The van der Waals surface area contributed by atoms with Crippen LogP contribution < -0.4 is 10.6 Å². The first-order valence-electron chi connectivity index (χ1n) is 19.9. The van der Waals surface area contributed by atoms with Crippen molar-refractivity contribution >= 4 is 35.3 Å². The van der Waals surface area contributed by atoms with E-state index in [2.05, 4.69) is 29.5 Å². The van der Waals surface area contributed by atoms with Crippen LogP contribution in [0.5, 0.6) is 0 Å². The number of nitrogens with zero attached hydrogens (tertiary/aromatic N) is 3. The number of carbonyl (C=O) groups is 5. The van der Waals surface area contributed by atoms with Gasteiger partial charge < -0.3 is 35.0 Å². The van der Waals surface area contributed by atoms with E-state index in [-0.39, 0.29) is 72.0 Å². The lowest BCUT2D eigenvalue weighted by Crippen LogP contribution is -2.58. The van der Waals surface area contributed by atoms with Crippen molar-refractivity contribution in [3.63, 3.8) is 0 Å². The van der Waals surface area contributed by atoms with Gasteiger partial charge in [0.2, 0.25) is 17.7 Å². The van der Waals surface area contributed by atoms with Crippen LogP contribution in [0.4, 0.5) is 0 Å². The fourth-order valence-electron chi connectivity index (χ4n) is 8.07. The summed E-state index contributed by atoms with van der Waals surface area (Å²) in [4.78, 5) is 74.8. The van der Waals surface area contributed by atoms with Crippen molar-refractivity contribution in [3.05, 3.63) is 35.9 Å². The van der Waals surface area contributed by atoms with Gasteiger partial charge in [0.15, 0.2) is 0 Å². The molecule has 0 radical (unpaired) electrons. The third-order valence-electron chi connectivity index (χ3n) is 11.7. The van der Waals surface area contributed by atoms with Gasteiger partial charge in [-0.25, -0.2) is 9.79 Å². The molecule has 10 atom stereocenters. The zero-order valence-electron chi connectivity index (χ0n) is 35.5. The van der Waals surface area contributed by atoms with Gasteiger partial charge in [-0.05, 0) is 57.1 Å². The topological polar surface area (TPSA) is 167 Å². The summed E-state index contributed by atoms with van der Waals surface area (Å²) in [5, 5.41) is 15.9. The molecule has 1 fully saturated rings. The second-order valence-electron chi connectivity index (χ2n) is 16.0. The number of aliphatic carboxylic acids is 1. The van der Waals surface area contributed by atoms with Gasteiger partial charge in [-0.2, -0.15) is 0 Å². The van der Waals surface area contributed by atoms with Crippen LogP contribution in [0.3, 0.4) is 0 Å². The first-order chi connectivity index (χ1) is 25.9. The maximum Gasteiger partial charge on any atom is 0.350 e. The molecule has 55 heavy (non-hydrogen) atoms. The van der Waals surface area contributed by atoms with E-state index in [1.54, 1.807) is 62.2 Å². The van der Waals surface area contributed by atoms with Crippen molar-refractivity contribution in [1.82, 2.24) is 20.4 Å². The fourth-order valence-corrected chi connectivity index (χ4v) is 8.07. The quantitative estimate of drug-likeness (QED) is 0.151. The van der Waals surface area contributed by atoms with Gasteiger partial charge in [0.25, 0.3) is 5.91 Å². The van der Waals surface area contributed by atoms with Crippen LogP contribution in [-0.2, 0) is 39.9 Å². The smallest absolute Gasteiger partial charge is 0.350 e. The Morgan fingerprint density at radius 3 is 2.04 bits per heavy atom. The van der Waals surface area contributed by atoms with Crippen LogP contribution in [0.2, 0.25) is 0 Å². The van der Waals surface area contributed by atoms with Crippen molar-refractivity contribution < 1.29 is 38.6 Å². The minimum atomic E-state index is -1.27. The minimum Gasteiger partial charge on any atom is -0.477 e. The van der Waals surface area contributed by atoms with E-state index in [1.165, 1.54) is 7.11 Å². The lowest BCUT2D eigenvalue weighted by Gasteiger charge is -2.42. The van der Waals surface area contributed by atoms with Crippen LogP contribution in [-0.4, -0.2) is 121 Å². The lowest BCUT2D eigenvalue weighted by atomic mass is 9.79. The highest BCUT2D eigenvalue weighted by atomic mass is 16.5. The maximum absolute atomic E-state index is 14.4. The average Bonchev–Trinajstić information content (AvgIpc) is 3.53. The molecule has 0 bridgehead atoms. The highest BCUT2D eigenvalue weighted by Crippen LogP contribution is 2.35. The maximum atomic E-state index is 14.4. The van der Waals surface area contributed by atoms with E-state index in [0.717, 1.165) is 12.0 Å². The molecule has 2 rings (SSSR count). The lowest BCUT2D eigenvalue weighted by molar-refractivity contribution is -0.146. The summed E-state index contributed by atoms with van der Waals surface area (Å²) in [6.45, 7) is 17.5. The standard InChI is InChI=1S/C42H69N5O8/c1-14-26(6)35(29(9)46(11)41(51)37(25(4)5)45-40(50)36(43-10)24(2)3)33(54-12)23-34(48)47-27(7)20-21-32(47)38(55-13)28(8)39(49)44-31(42(52)53)22-30-18-16-15-17-19-30/h15-19,24-29,32-33,35-38,43H,14,20-23H2,1-13H3,(H,45,50)(H,52,53)/t26-,27-,28+,29-,32-,33+,35?,36-,37-,38?/m0/s1. The summed E-state index contributed by atoms with van der Waals surface area (Å²) in [6, 6.07) is 6.84. The van der Waals surface area contributed by atoms with Gasteiger partial charge in [-0.1, -0.05) is 85.2 Å². The summed E-state index contributed by atoms with van der Waals surface area (Å²) in [5.41, 5.74) is 0.458. The molecule has 0 aromatic heterocycles. The van der Waals surface area contributed by atoms with Crippen LogP contribution >= 0.6 is 0 Å². The minimum absolute atomic E-state index is 0.00593. The molecule has 0 spiro atoms. The van der Waals surface area contributed by atoms with Crippen molar-refractivity contribution in [2.45, 2.75) is 137 Å². The number of rotatable bonds is 21. The van der Waals surface area contributed by atoms with Crippen molar-refractivity contribution in [1.29, 1.82) is 0 Å². The Morgan fingerprint density at radius 2 is 1.55 bits per heavy atom. The molecule has 2 unspecified atom stereocenters. The van der Waals surface area contributed by atoms with Crippen molar-refractivity contribution in [3.8, 4) is 0 Å². The van der Waals surface area contributed by atoms with E-state index in [0.29, 0.717) is 12.8 Å². The number of carbonyl (C=O) groups excluding carboxylic acids is 4. The predicted octanol–water partition coefficient (Wildman–Crippen LogP) is 4.61. The number of carboxylic acids is 1. The van der Waals surface area contributed by atoms with E-state index in [4.69, 9.17) is 9.47 Å². The average molecular weight is 772 g/mol.